The lowest BCUT2D eigenvalue weighted by molar-refractivity contribution is 0.00519. The molecule has 1 heterocycles. The maximum absolute atomic E-state index is 5.52. The van der Waals surface area contributed by atoms with Crippen molar-refractivity contribution in [2.45, 2.75) is 98.1 Å². The van der Waals surface area contributed by atoms with Crippen LogP contribution in [0.15, 0.2) is 12.1 Å². The van der Waals surface area contributed by atoms with Crippen molar-refractivity contribution in [3.8, 4) is 17.2 Å². The van der Waals surface area contributed by atoms with Crippen LogP contribution in [0.25, 0.3) is 0 Å². The van der Waals surface area contributed by atoms with Gasteiger partial charge in [0.2, 0.25) is 5.75 Å². The highest BCUT2D eigenvalue weighted by molar-refractivity contribution is 5.53. The summed E-state index contributed by atoms with van der Waals surface area (Å²) in [6.45, 7) is 20.2. The van der Waals surface area contributed by atoms with E-state index in [1.54, 1.807) is 21.3 Å². The Morgan fingerprint density at radius 2 is 1.32 bits per heavy atom. The topological polar surface area (TPSA) is 58.2 Å². The standard InChI is InChI=1S/C33H62N4O3/c1-9-13-15-27(11-3)22-36-24-33(5,25-37(26-36)23-28(12-4)16-14-10-2)35-18-17-34-21-29-19-30(38-6)32(40-8)31(20-29)39-7/h19-20,27-28,34-35H,9-18,21-26H2,1-8H3. The number of rotatable bonds is 21. The van der Waals surface area contributed by atoms with Gasteiger partial charge in [-0.25, -0.2) is 0 Å². The maximum Gasteiger partial charge on any atom is 0.203 e. The van der Waals surface area contributed by atoms with E-state index in [4.69, 9.17) is 14.2 Å². The molecule has 2 atom stereocenters. The fourth-order valence-electron chi connectivity index (χ4n) is 6.26. The van der Waals surface area contributed by atoms with Gasteiger partial charge in [0.15, 0.2) is 11.5 Å². The zero-order valence-corrected chi connectivity index (χ0v) is 27.2. The Hall–Kier alpha value is -1.54. The normalized spacial score (nSPS) is 19.9. The van der Waals surface area contributed by atoms with Gasteiger partial charge in [-0.2, -0.15) is 0 Å². The van der Waals surface area contributed by atoms with Crippen LogP contribution in [-0.2, 0) is 6.54 Å². The lowest BCUT2D eigenvalue weighted by atomic mass is 9.93. The van der Waals surface area contributed by atoms with Gasteiger partial charge < -0.3 is 24.8 Å². The van der Waals surface area contributed by atoms with Crippen LogP contribution in [-0.4, -0.2) is 82.6 Å². The van der Waals surface area contributed by atoms with Crippen LogP contribution in [0.3, 0.4) is 0 Å². The average molecular weight is 563 g/mol. The molecule has 7 heteroatoms. The average Bonchev–Trinajstić information content (AvgIpc) is 2.96. The Morgan fingerprint density at radius 1 is 0.800 bits per heavy atom. The highest BCUT2D eigenvalue weighted by Gasteiger charge is 2.35. The van der Waals surface area contributed by atoms with Crippen molar-refractivity contribution in [2.75, 3.05) is 67.3 Å². The van der Waals surface area contributed by atoms with Gasteiger partial charge in [0.25, 0.3) is 0 Å². The Morgan fingerprint density at radius 3 is 1.75 bits per heavy atom. The third-order valence-corrected chi connectivity index (χ3v) is 8.57. The van der Waals surface area contributed by atoms with E-state index in [2.05, 4.69) is 55.1 Å². The fourth-order valence-corrected chi connectivity index (χ4v) is 6.26. The molecule has 40 heavy (non-hydrogen) atoms. The van der Waals surface area contributed by atoms with E-state index in [-0.39, 0.29) is 5.54 Å². The summed E-state index contributed by atoms with van der Waals surface area (Å²) < 4.78 is 16.5. The first-order valence-corrected chi connectivity index (χ1v) is 16.0. The minimum Gasteiger partial charge on any atom is -0.493 e. The highest BCUT2D eigenvalue weighted by Crippen LogP contribution is 2.38. The van der Waals surface area contributed by atoms with Gasteiger partial charge in [0, 0.05) is 51.4 Å². The first-order chi connectivity index (χ1) is 19.3. The predicted molar refractivity (Wildman–Crippen MR) is 169 cm³/mol. The van der Waals surface area contributed by atoms with Gasteiger partial charge in [-0.05, 0) is 49.3 Å². The SMILES string of the molecule is CCCCC(CC)CN1CN(CC(CC)CCCC)CC(C)(NCCNCc2cc(OC)c(OC)c(OC)c2)C1. The van der Waals surface area contributed by atoms with Crippen LogP contribution in [0.1, 0.15) is 91.5 Å². The molecule has 2 unspecified atom stereocenters. The molecule has 0 aliphatic carbocycles. The van der Waals surface area contributed by atoms with Crippen LogP contribution < -0.4 is 24.8 Å². The number of nitrogens with zero attached hydrogens (tertiary/aromatic N) is 2. The first-order valence-electron chi connectivity index (χ1n) is 16.0. The number of ether oxygens (including phenoxy) is 3. The van der Waals surface area contributed by atoms with Crippen molar-refractivity contribution >= 4 is 0 Å². The molecule has 1 aliphatic rings. The van der Waals surface area contributed by atoms with Crippen molar-refractivity contribution in [3.05, 3.63) is 17.7 Å². The maximum atomic E-state index is 5.52. The van der Waals surface area contributed by atoms with E-state index in [9.17, 15) is 0 Å². The summed E-state index contributed by atoms with van der Waals surface area (Å²) >= 11 is 0. The summed E-state index contributed by atoms with van der Waals surface area (Å²) in [4.78, 5) is 5.49. The lowest BCUT2D eigenvalue weighted by Gasteiger charge is -2.48. The van der Waals surface area contributed by atoms with Crippen molar-refractivity contribution in [2.24, 2.45) is 11.8 Å². The number of unbranched alkanes of at least 4 members (excludes halogenated alkanes) is 2. The largest absolute Gasteiger partial charge is 0.493 e. The molecule has 1 saturated heterocycles. The predicted octanol–water partition coefficient (Wildman–Crippen LogP) is 6.16. The molecule has 0 spiro atoms. The smallest absolute Gasteiger partial charge is 0.203 e. The van der Waals surface area contributed by atoms with Crippen LogP contribution in [0.5, 0.6) is 17.2 Å². The van der Waals surface area contributed by atoms with E-state index < -0.39 is 0 Å². The Bertz CT molecular complexity index is 770. The van der Waals surface area contributed by atoms with Crippen molar-refractivity contribution in [3.63, 3.8) is 0 Å². The van der Waals surface area contributed by atoms with Crippen LogP contribution in [0, 0.1) is 11.8 Å². The number of hydrogen-bond acceptors (Lipinski definition) is 7. The summed E-state index contributed by atoms with van der Waals surface area (Å²) in [5.74, 6) is 3.62. The van der Waals surface area contributed by atoms with Gasteiger partial charge in [0.1, 0.15) is 0 Å². The summed E-state index contributed by atoms with van der Waals surface area (Å²) in [7, 11) is 4.96. The monoisotopic (exact) mass is 562 g/mol. The molecule has 1 aromatic carbocycles. The number of methoxy groups -OCH3 is 3. The molecule has 0 amide bonds. The molecular weight excluding hydrogens is 500 g/mol. The van der Waals surface area contributed by atoms with Crippen molar-refractivity contribution in [1.82, 2.24) is 20.4 Å². The third-order valence-electron chi connectivity index (χ3n) is 8.57. The molecule has 1 aromatic rings. The number of hydrogen-bond donors (Lipinski definition) is 2. The quantitative estimate of drug-likeness (QED) is 0.174. The van der Waals surface area contributed by atoms with E-state index in [1.165, 1.54) is 64.5 Å². The minimum absolute atomic E-state index is 0.0819. The molecule has 7 nitrogen and oxygen atoms in total. The second kappa shape index (κ2) is 18.8. The van der Waals surface area contributed by atoms with Crippen molar-refractivity contribution < 1.29 is 14.2 Å². The van der Waals surface area contributed by atoms with Gasteiger partial charge >= 0.3 is 0 Å². The molecule has 0 aromatic heterocycles. The van der Waals surface area contributed by atoms with Gasteiger partial charge in [0.05, 0.1) is 28.0 Å². The van der Waals surface area contributed by atoms with E-state index in [1.807, 2.05) is 12.1 Å². The lowest BCUT2D eigenvalue weighted by Crippen LogP contribution is -2.65. The fraction of sp³-hybridized carbons (Fsp3) is 0.818. The molecule has 0 radical (unpaired) electrons. The molecule has 0 bridgehead atoms. The Balaban J connectivity index is 1.99. The van der Waals surface area contributed by atoms with Crippen molar-refractivity contribution in [1.29, 1.82) is 0 Å². The summed E-state index contributed by atoms with van der Waals surface area (Å²) in [5, 5.41) is 7.57. The second-order valence-corrected chi connectivity index (χ2v) is 12.2. The van der Waals surface area contributed by atoms with E-state index >= 15 is 0 Å². The van der Waals surface area contributed by atoms with Gasteiger partial charge in [-0.15, -0.1) is 0 Å². The van der Waals surface area contributed by atoms with Gasteiger partial charge in [-0.1, -0.05) is 66.2 Å². The zero-order chi connectivity index (χ0) is 29.4. The van der Waals surface area contributed by atoms with Gasteiger partial charge in [-0.3, -0.25) is 9.80 Å². The molecule has 1 fully saturated rings. The molecule has 2 N–H and O–H groups in total. The van der Waals surface area contributed by atoms with E-state index in [0.717, 1.165) is 56.8 Å². The van der Waals surface area contributed by atoms with Crippen LogP contribution in [0.4, 0.5) is 0 Å². The minimum atomic E-state index is 0.0819. The molecule has 232 valence electrons. The summed E-state index contributed by atoms with van der Waals surface area (Å²) in [6.07, 6.45) is 10.5. The molecule has 1 aliphatic heterocycles. The second-order valence-electron chi connectivity index (χ2n) is 12.2. The molecule has 2 rings (SSSR count). The Kier molecular flexibility index (Phi) is 16.3. The first kappa shape index (κ1) is 34.7. The summed E-state index contributed by atoms with van der Waals surface area (Å²) in [5.41, 5.74) is 1.20. The van der Waals surface area contributed by atoms with Crippen LogP contribution in [0.2, 0.25) is 0 Å². The third kappa shape index (κ3) is 11.4. The summed E-state index contributed by atoms with van der Waals surface area (Å²) in [6, 6.07) is 4.04. The zero-order valence-electron chi connectivity index (χ0n) is 27.2. The van der Waals surface area contributed by atoms with E-state index in [0.29, 0.717) is 17.2 Å². The number of benzene rings is 1. The molecular formula is C33H62N4O3. The highest BCUT2D eigenvalue weighted by atomic mass is 16.5. The number of nitrogens with one attached hydrogen (secondary N) is 2. The molecule has 0 saturated carbocycles. The Labute approximate surface area is 246 Å². The van der Waals surface area contributed by atoms with Crippen LogP contribution >= 0.6 is 0 Å².